The molecule has 0 unspecified atom stereocenters. The molecule has 3 nitrogen and oxygen atoms in total. The third-order valence-corrected chi connectivity index (χ3v) is 1.48. The normalized spacial score (nSPS) is 13.0. The summed E-state index contributed by atoms with van der Waals surface area (Å²) in [5.74, 6) is -0.157. The van der Waals surface area contributed by atoms with Crippen molar-refractivity contribution in [3.8, 4) is 0 Å². The topological polar surface area (TPSA) is 66.5 Å². The van der Waals surface area contributed by atoms with E-state index in [0.29, 0.717) is 6.54 Å². The van der Waals surface area contributed by atoms with Crippen LogP contribution in [-0.4, -0.2) is 16.8 Å². The number of nitrogens with two attached hydrogens (primary N) is 1. The van der Waals surface area contributed by atoms with Gasteiger partial charge in [-0.2, -0.15) is 0 Å². The Labute approximate surface area is 78.9 Å². The second-order valence-electron chi connectivity index (χ2n) is 2.66. The number of rotatable bonds is 6. The van der Waals surface area contributed by atoms with Crippen LogP contribution in [0, 0.1) is 0 Å². The first kappa shape index (κ1) is 11.8. The fourth-order valence-corrected chi connectivity index (χ4v) is 0.768. The molecular formula is C10H17NO2. The molecule has 74 valence electrons. The van der Waals surface area contributed by atoms with Crippen molar-refractivity contribution in [3.05, 3.63) is 36.3 Å². The molecule has 3 heteroatoms. The standard InChI is InChI=1S/C10H17NO2/c1-2-6-9(12)10(13)7-4-3-5-8-11/h2,4,7,12-13H,1,3,5-6,8,11H2/b7-4-,10-9-. The van der Waals surface area contributed by atoms with Crippen LogP contribution in [0.2, 0.25) is 0 Å². The summed E-state index contributed by atoms with van der Waals surface area (Å²) in [4.78, 5) is 0. The highest BCUT2D eigenvalue weighted by molar-refractivity contribution is 5.15. The van der Waals surface area contributed by atoms with Crippen LogP contribution in [0.4, 0.5) is 0 Å². The molecule has 0 radical (unpaired) electrons. The zero-order valence-corrected chi connectivity index (χ0v) is 7.74. The van der Waals surface area contributed by atoms with Crippen molar-refractivity contribution in [1.29, 1.82) is 0 Å². The molecule has 0 aliphatic rings. The Morgan fingerprint density at radius 1 is 1.38 bits per heavy atom. The predicted octanol–water partition coefficient (Wildman–Crippen LogP) is 2.19. The van der Waals surface area contributed by atoms with Crippen LogP contribution in [0.15, 0.2) is 36.3 Å². The molecule has 0 atom stereocenters. The van der Waals surface area contributed by atoms with Crippen molar-refractivity contribution in [2.75, 3.05) is 6.54 Å². The molecule has 0 aliphatic heterocycles. The van der Waals surface area contributed by atoms with E-state index in [4.69, 9.17) is 10.8 Å². The number of hydrogen-bond donors (Lipinski definition) is 3. The zero-order valence-electron chi connectivity index (χ0n) is 7.74. The van der Waals surface area contributed by atoms with Crippen molar-refractivity contribution in [2.45, 2.75) is 19.3 Å². The number of unbranched alkanes of at least 4 members (excludes halogenated alkanes) is 1. The van der Waals surface area contributed by atoms with E-state index < -0.39 is 0 Å². The maximum absolute atomic E-state index is 9.21. The van der Waals surface area contributed by atoms with Crippen LogP contribution in [-0.2, 0) is 0 Å². The van der Waals surface area contributed by atoms with Crippen molar-refractivity contribution >= 4 is 0 Å². The Balaban J connectivity index is 3.95. The minimum Gasteiger partial charge on any atom is -0.508 e. The van der Waals surface area contributed by atoms with Gasteiger partial charge >= 0.3 is 0 Å². The van der Waals surface area contributed by atoms with E-state index in [0.717, 1.165) is 12.8 Å². The lowest BCUT2D eigenvalue weighted by molar-refractivity contribution is 0.331. The van der Waals surface area contributed by atoms with Gasteiger partial charge in [0.25, 0.3) is 0 Å². The second-order valence-corrected chi connectivity index (χ2v) is 2.66. The molecule has 0 saturated heterocycles. The van der Waals surface area contributed by atoms with Gasteiger partial charge in [0.1, 0.15) is 5.76 Å². The van der Waals surface area contributed by atoms with Gasteiger partial charge in [-0.25, -0.2) is 0 Å². The molecule has 0 aromatic heterocycles. The van der Waals surface area contributed by atoms with E-state index in [1.807, 2.05) is 0 Å². The minimum atomic E-state index is -0.100. The summed E-state index contributed by atoms with van der Waals surface area (Å²) >= 11 is 0. The maximum atomic E-state index is 9.21. The van der Waals surface area contributed by atoms with Gasteiger partial charge < -0.3 is 15.9 Å². The fraction of sp³-hybridized carbons (Fsp3) is 0.400. The summed E-state index contributed by atoms with van der Waals surface area (Å²) in [6.45, 7) is 4.08. The molecule has 13 heavy (non-hydrogen) atoms. The van der Waals surface area contributed by atoms with Crippen LogP contribution in [0.1, 0.15) is 19.3 Å². The monoisotopic (exact) mass is 183 g/mol. The summed E-state index contributed by atoms with van der Waals surface area (Å²) in [7, 11) is 0. The Morgan fingerprint density at radius 2 is 2.08 bits per heavy atom. The van der Waals surface area contributed by atoms with Crippen molar-refractivity contribution < 1.29 is 10.2 Å². The van der Waals surface area contributed by atoms with Crippen LogP contribution in [0.5, 0.6) is 0 Å². The fourth-order valence-electron chi connectivity index (χ4n) is 0.768. The van der Waals surface area contributed by atoms with Crippen LogP contribution in [0.25, 0.3) is 0 Å². The van der Waals surface area contributed by atoms with E-state index in [2.05, 4.69) is 6.58 Å². The van der Waals surface area contributed by atoms with Crippen LogP contribution >= 0.6 is 0 Å². The van der Waals surface area contributed by atoms with E-state index >= 15 is 0 Å². The number of aliphatic hydroxyl groups excluding tert-OH is 2. The van der Waals surface area contributed by atoms with E-state index in [9.17, 15) is 5.11 Å². The maximum Gasteiger partial charge on any atom is 0.152 e. The first-order valence-corrected chi connectivity index (χ1v) is 4.31. The molecule has 0 saturated carbocycles. The Bertz CT molecular complexity index is 207. The van der Waals surface area contributed by atoms with Gasteiger partial charge in [-0.3, -0.25) is 0 Å². The van der Waals surface area contributed by atoms with Gasteiger partial charge in [-0.15, -0.1) is 6.58 Å². The summed E-state index contributed by atoms with van der Waals surface area (Å²) in [6.07, 6.45) is 6.76. The number of aliphatic hydroxyl groups is 2. The molecule has 4 N–H and O–H groups in total. The Morgan fingerprint density at radius 3 is 2.62 bits per heavy atom. The lowest BCUT2D eigenvalue weighted by Gasteiger charge is -1.96. The van der Waals surface area contributed by atoms with Crippen molar-refractivity contribution in [3.63, 3.8) is 0 Å². The Hall–Kier alpha value is -1.22. The molecule has 0 amide bonds. The van der Waals surface area contributed by atoms with Crippen LogP contribution < -0.4 is 5.73 Å². The molecule has 0 bridgehead atoms. The molecular weight excluding hydrogens is 166 g/mol. The van der Waals surface area contributed by atoms with Gasteiger partial charge in [-0.1, -0.05) is 12.2 Å². The van der Waals surface area contributed by atoms with Gasteiger partial charge in [0.2, 0.25) is 0 Å². The average Bonchev–Trinajstić information content (AvgIpc) is 2.12. The third-order valence-electron chi connectivity index (χ3n) is 1.48. The molecule has 0 fully saturated rings. The van der Waals surface area contributed by atoms with E-state index in [-0.39, 0.29) is 17.9 Å². The molecule has 0 heterocycles. The molecule has 0 aromatic carbocycles. The summed E-state index contributed by atoms with van der Waals surface area (Å²) in [5, 5.41) is 18.4. The van der Waals surface area contributed by atoms with Gasteiger partial charge in [0.15, 0.2) is 5.76 Å². The molecule has 0 rings (SSSR count). The third kappa shape index (κ3) is 5.99. The summed E-state index contributed by atoms with van der Waals surface area (Å²) in [5.41, 5.74) is 5.28. The van der Waals surface area contributed by atoms with Gasteiger partial charge in [-0.05, 0) is 25.5 Å². The van der Waals surface area contributed by atoms with Crippen molar-refractivity contribution in [2.24, 2.45) is 5.73 Å². The largest absolute Gasteiger partial charge is 0.508 e. The molecule has 0 aromatic rings. The number of hydrogen-bond acceptors (Lipinski definition) is 3. The zero-order chi connectivity index (χ0) is 10.1. The SMILES string of the molecule is C=CC/C(O)=C(O)\C=C/CCCN. The van der Waals surface area contributed by atoms with E-state index in [1.54, 1.807) is 6.08 Å². The highest BCUT2D eigenvalue weighted by Gasteiger charge is 1.95. The first-order chi connectivity index (χ1) is 6.22. The highest BCUT2D eigenvalue weighted by atomic mass is 16.3. The summed E-state index contributed by atoms with van der Waals surface area (Å²) in [6, 6.07) is 0. The quantitative estimate of drug-likeness (QED) is 0.256. The lowest BCUT2D eigenvalue weighted by atomic mass is 10.2. The second kappa shape index (κ2) is 7.43. The average molecular weight is 183 g/mol. The Kier molecular flexibility index (Phi) is 6.73. The van der Waals surface area contributed by atoms with Gasteiger partial charge in [0, 0.05) is 6.42 Å². The van der Waals surface area contributed by atoms with Crippen LogP contribution in [0.3, 0.4) is 0 Å². The summed E-state index contributed by atoms with van der Waals surface area (Å²) < 4.78 is 0. The predicted molar refractivity (Wildman–Crippen MR) is 54.5 cm³/mol. The number of allylic oxidation sites excluding steroid dienone is 3. The minimum absolute atomic E-state index is 0.0565. The first-order valence-electron chi connectivity index (χ1n) is 4.31. The smallest absolute Gasteiger partial charge is 0.152 e. The lowest BCUT2D eigenvalue weighted by Crippen LogP contribution is -1.96. The van der Waals surface area contributed by atoms with Crippen molar-refractivity contribution in [1.82, 2.24) is 0 Å². The van der Waals surface area contributed by atoms with E-state index in [1.165, 1.54) is 12.2 Å². The highest BCUT2D eigenvalue weighted by Crippen LogP contribution is 2.05. The van der Waals surface area contributed by atoms with Gasteiger partial charge in [0.05, 0.1) is 0 Å². The molecule has 0 spiro atoms. The molecule has 0 aliphatic carbocycles.